The van der Waals surface area contributed by atoms with Gasteiger partial charge in [-0.3, -0.25) is 4.90 Å². The van der Waals surface area contributed by atoms with Crippen LogP contribution in [-0.2, 0) is 19.6 Å². The van der Waals surface area contributed by atoms with Gasteiger partial charge >= 0.3 is 0 Å². The lowest BCUT2D eigenvalue weighted by molar-refractivity contribution is 0.233. The van der Waals surface area contributed by atoms with Gasteiger partial charge in [0.1, 0.15) is 0 Å². The molecule has 0 aliphatic carbocycles. The van der Waals surface area contributed by atoms with Crippen molar-refractivity contribution in [3.63, 3.8) is 0 Å². The molecule has 0 saturated heterocycles. The Hall–Kier alpha value is -1.65. The molecule has 0 atom stereocenters. The van der Waals surface area contributed by atoms with Gasteiger partial charge < -0.3 is 9.84 Å². The lowest BCUT2D eigenvalue weighted by atomic mass is 10.2. The van der Waals surface area contributed by atoms with E-state index in [1.807, 2.05) is 12.1 Å². The quantitative estimate of drug-likeness (QED) is 0.803. The van der Waals surface area contributed by atoms with Gasteiger partial charge in [0.25, 0.3) is 0 Å². The highest BCUT2D eigenvalue weighted by Gasteiger charge is 2.09. The Morgan fingerprint density at radius 3 is 2.65 bits per heavy atom. The molecular formula is C16H23N3O. The van der Waals surface area contributed by atoms with E-state index in [2.05, 4.69) is 53.5 Å². The van der Waals surface area contributed by atoms with Crippen LogP contribution in [-0.4, -0.2) is 23.1 Å². The number of hydrogen-bond acceptors (Lipinski definition) is 4. The van der Waals surface area contributed by atoms with Crippen molar-refractivity contribution in [3.05, 3.63) is 53.4 Å². The van der Waals surface area contributed by atoms with Gasteiger partial charge in [0.05, 0.1) is 12.2 Å². The van der Waals surface area contributed by atoms with Crippen LogP contribution < -0.4 is 5.32 Å². The first kappa shape index (κ1) is 14.8. The summed E-state index contributed by atoms with van der Waals surface area (Å²) in [6, 6.07) is 12.5. The van der Waals surface area contributed by atoms with E-state index in [9.17, 15) is 0 Å². The highest BCUT2D eigenvalue weighted by molar-refractivity contribution is 5.14. The summed E-state index contributed by atoms with van der Waals surface area (Å²) in [5, 5.41) is 7.33. The Balaban J connectivity index is 1.91. The van der Waals surface area contributed by atoms with Crippen LogP contribution in [0.4, 0.5) is 0 Å². The summed E-state index contributed by atoms with van der Waals surface area (Å²) in [7, 11) is 0. The third-order valence-corrected chi connectivity index (χ3v) is 3.24. The molecule has 2 aromatic rings. The van der Waals surface area contributed by atoms with Crippen LogP contribution in [0.3, 0.4) is 0 Å². The highest BCUT2D eigenvalue weighted by atomic mass is 16.5. The molecule has 2 rings (SSSR count). The highest BCUT2D eigenvalue weighted by Crippen LogP contribution is 2.11. The van der Waals surface area contributed by atoms with Gasteiger partial charge in [0.2, 0.25) is 0 Å². The van der Waals surface area contributed by atoms with Crippen LogP contribution in [0.1, 0.15) is 30.9 Å². The molecular weight excluding hydrogens is 250 g/mol. The molecule has 20 heavy (non-hydrogen) atoms. The van der Waals surface area contributed by atoms with E-state index in [-0.39, 0.29) is 0 Å². The van der Waals surface area contributed by atoms with Gasteiger partial charge in [0, 0.05) is 19.2 Å². The Morgan fingerprint density at radius 2 is 1.95 bits per heavy atom. The molecule has 0 aliphatic rings. The standard InChI is InChI=1S/C16H23N3O/c1-3-17-11-15-10-16(20-18-15)13-19(4-2)12-14-8-6-5-7-9-14/h5-10,17H,3-4,11-13H2,1-2H3. The fraction of sp³-hybridized carbons (Fsp3) is 0.438. The third-order valence-electron chi connectivity index (χ3n) is 3.24. The van der Waals surface area contributed by atoms with Crippen molar-refractivity contribution in [3.8, 4) is 0 Å². The maximum atomic E-state index is 5.40. The van der Waals surface area contributed by atoms with E-state index in [1.54, 1.807) is 0 Å². The fourth-order valence-electron chi connectivity index (χ4n) is 2.11. The normalized spacial score (nSPS) is 11.2. The zero-order chi connectivity index (χ0) is 14.2. The number of nitrogens with zero attached hydrogens (tertiary/aromatic N) is 2. The van der Waals surface area contributed by atoms with E-state index < -0.39 is 0 Å². The Labute approximate surface area is 120 Å². The molecule has 1 aromatic carbocycles. The first-order chi connectivity index (χ1) is 9.81. The Kier molecular flexibility index (Phi) is 5.77. The molecule has 0 bridgehead atoms. The molecule has 4 nitrogen and oxygen atoms in total. The van der Waals surface area contributed by atoms with Gasteiger partial charge in [-0.05, 0) is 18.7 Å². The summed E-state index contributed by atoms with van der Waals surface area (Å²) in [5.74, 6) is 0.927. The van der Waals surface area contributed by atoms with Crippen LogP contribution >= 0.6 is 0 Å². The zero-order valence-electron chi connectivity index (χ0n) is 12.3. The first-order valence-electron chi connectivity index (χ1n) is 7.23. The van der Waals surface area contributed by atoms with Crippen molar-refractivity contribution in [1.29, 1.82) is 0 Å². The largest absolute Gasteiger partial charge is 0.360 e. The molecule has 0 radical (unpaired) electrons. The van der Waals surface area contributed by atoms with Crippen molar-refractivity contribution in [2.45, 2.75) is 33.5 Å². The van der Waals surface area contributed by atoms with Gasteiger partial charge in [0.15, 0.2) is 5.76 Å². The number of nitrogens with one attached hydrogen (secondary N) is 1. The maximum Gasteiger partial charge on any atom is 0.151 e. The second kappa shape index (κ2) is 7.82. The molecule has 108 valence electrons. The van der Waals surface area contributed by atoms with Gasteiger partial charge in [-0.1, -0.05) is 49.3 Å². The van der Waals surface area contributed by atoms with Crippen LogP contribution in [0.2, 0.25) is 0 Å². The summed E-state index contributed by atoms with van der Waals surface area (Å²) >= 11 is 0. The summed E-state index contributed by atoms with van der Waals surface area (Å²) < 4.78 is 5.40. The van der Waals surface area contributed by atoms with Crippen LogP contribution in [0, 0.1) is 0 Å². The topological polar surface area (TPSA) is 41.3 Å². The molecule has 1 aromatic heterocycles. The average Bonchev–Trinajstić information content (AvgIpc) is 2.93. The molecule has 0 aliphatic heterocycles. The molecule has 1 heterocycles. The molecule has 0 saturated carbocycles. The van der Waals surface area contributed by atoms with Crippen molar-refractivity contribution < 1.29 is 4.52 Å². The van der Waals surface area contributed by atoms with Crippen molar-refractivity contribution in [1.82, 2.24) is 15.4 Å². The lowest BCUT2D eigenvalue weighted by Crippen LogP contribution is -2.22. The SMILES string of the molecule is CCNCc1cc(CN(CC)Cc2ccccc2)on1. The lowest BCUT2D eigenvalue weighted by Gasteiger charge is -2.18. The van der Waals surface area contributed by atoms with Gasteiger partial charge in [-0.15, -0.1) is 0 Å². The average molecular weight is 273 g/mol. The van der Waals surface area contributed by atoms with Crippen LogP contribution in [0.25, 0.3) is 0 Å². The molecule has 0 amide bonds. The summed E-state index contributed by atoms with van der Waals surface area (Å²) in [6.45, 7) is 8.67. The number of hydrogen-bond donors (Lipinski definition) is 1. The van der Waals surface area contributed by atoms with Gasteiger partial charge in [-0.2, -0.15) is 0 Å². The fourth-order valence-corrected chi connectivity index (χ4v) is 2.11. The van der Waals surface area contributed by atoms with E-state index in [4.69, 9.17) is 4.52 Å². The second-order valence-electron chi connectivity index (χ2n) is 4.85. The molecule has 4 heteroatoms. The molecule has 0 spiro atoms. The maximum absolute atomic E-state index is 5.40. The zero-order valence-corrected chi connectivity index (χ0v) is 12.3. The number of aromatic nitrogens is 1. The van der Waals surface area contributed by atoms with E-state index in [0.717, 1.165) is 44.2 Å². The summed E-state index contributed by atoms with van der Waals surface area (Å²) in [5.41, 5.74) is 2.29. The van der Waals surface area contributed by atoms with E-state index >= 15 is 0 Å². The van der Waals surface area contributed by atoms with Crippen molar-refractivity contribution >= 4 is 0 Å². The first-order valence-corrected chi connectivity index (χ1v) is 7.23. The second-order valence-corrected chi connectivity index (χ2v) is 4.85. The number of benzene rings is 1. The molecule has 0 fully saturated rings. The van der Waals surface area contributed by atoms with Crippen molar-refractivity contribution in [2.75, 3.05) is 13.1 Å². The smallest absolute Gasteiger partial charge is 0.151 e. The minimum absolute atomic E-state index is 0.769. The predicted octanol–water partition coefficient (Wildman–Crippen LogP) is 2.81. The van der Waals surface area contributed by atoms with Crippen molar-refractivity contribution in [2.24, 2.45) is 0 Å². The van der Waals surface area contributed by atoms with E-state index in [1.165, 1.54) is 5.56 Å². The van der Waals surface area contributed by atoms with Crippen LogP contribution in [0.15, 0.2) is 40.9 Å². The molecule has 0 unspecified atom stereocenters. The van der Waals surface area contributed by atoms with Crippen LogP contribution in [0.5, 0.6) is 0 Å². The number of rotatable bonds is 8. The van der Waals surface area contributed by atoms with Gasteiger partial charge in [-0.25, -0.2) is 0 Å². The van der Waals surface area contributed by atoms with E-state index in [0.29, 0.717) is 0 Å². The minimum Gasteiger partial charge on any atom is -0.360 e. The summed E-state index contributed by atoms with van der Waals surface area (Å²) in [6.07, 6.45) is 0. The Morgan fingerprint density at radius 1 is 1.15 bits per heavy atom. The minimum atomic E-state index is 0.769. The summed E-state index contributed by atoms with van der Waals surface area (Å²) in [4.78, 5) is 2.34. The Bertz CT molecular complexity index is 495. The third kappa shape index (κ3) is 4.47. The predicted molar refractivity (Wildman–Crippen MR) is 80.1 cm³/mol. The monoisotopic (exact) mass is 273 g/mol. The molecule has 1 N–H and O–H groups in total.